The van der Waals surface area contributed by atoms with Gasteiger partial charge in [0.05, 0.1) is 0 Å². The van der Waals surface area contributed by atoms with E-state index in [1.807, 2.05) is 0 Å². The molecule has 0 amide bonds. The van der Waals surface area contributed by atoms with Crippen LogP contribution in [0.25, 0.3) is 0 Å². The fourth-order valence-corrected chi connectivity index (χ4v) is 3.33. The predicted octanol–water partition coefficient (Wildman–Crippen LogP) is 5.14. The van der Waals surface area contributed by atoms with Gasteiger partial charge in [0.2, 0.25) is 0 Å². The molecule has 1 nitrogen and oxygen atoms in total. The van der Waals surface area contributed by atoms with Crippen molar-refractivity contribution in [1.82, 2.24) is 0 Å². The molecule has 1 saturated carbocycles. The SMILES string of the molecule is Cc1cc(CCl)ccc1N(C)C1CCC(C)(C)CC1. The largest absolute Gasteiger partial charge is 0.371 e. The Bertz CT molecular complexity index is 429. The topological polar surface area (TPSA) is 3.24 Å². The molecule has 19 heavy (non-hydrogen) atoms. The number of benzene rings is 1. The Balaban J connectivity index is 2.10. The van der Waals surface area contributed by atoms with Crippen LogP contribution in [-0.2, 0) is 5.88 Å². The number of anilines is 1. The third-order valence-corrected chi connectivity index (χ3v) is 4.96. The molecule has 0 aromatic heterocycles. The summed E-state index contributed by atoms with van der Waals surface area (Å²) in [5.41, 5.74) is 4.44. The summed E-state index contributed by atoms with van der Waals surface area (Å²) in [6.07, 6.45) is 5.28. The molecule has 2 rings (SSSR count). The smallest absolute Gasteiger partial charge is 0.0474 e. The van der Waals surface area contributed by atoms with Crippen molar-refractivity contribution in [2.45, 2.75) is 58.4 Å². The lowest BCUT2D eigenvalue weighted by Gasteiger charge is -2.40. The first-order valence-corrected chi connectivity index (χ1v) is 7.85. The van der Waals surface area contributed by atoms with Crippen molar-refractivity contribution in [2.24, 2.45) is 5.41 Å². The molecule has 106 valence electrons. The second-order valence-corrected chi connectivity index (χ2v) is 7.03. The summed E-state index contributed by atoms with van der Waals surface area (Å²) in [4.78, 5) is 2.47. The molecule has 0 heterocycles. The van der Waals surface area contributed by atoms with Crippen molar-refractivity contribution in [3.63, 3.8) is 0 Å². The standard InChI is InChI=1S/C17H26ClN/c1-13-11-14(12-18)5-6-16(13)19(4)15-7-9-17(2,3)10-8-15/h5-6,11,15H,7-10,12H2,1-4H3. The minimum atomic E-state index is 0.537. The predicted molar refractivity (Wildman–Crippen MR) is 85.2 cm³/mol. The fourth-order valence-electron chi connectivity index (χ4n) is 3.16. The van der Waals surface area contributed by atoms with E-state index in [9.17, 15) is 0 Å². The average Bonchev–Trinajstić information content (AvgIpc) is 2.37. The van der Waals surface area contributed by atoms with E-state index in [0.29, 0.717) is 17.3 Å². The minimum absolute atomic E-state index is 0.537. The molecule has 0 N–H and O–H groups in total. The van der Waals surface area contributed by atoms with Crippen molar-refractivity contribution in [3.05, 3.63) is 29.3 Å². The molecular weight excluding hydrogens is 254 g/mol. The highest BCUT2D eigenvalue weighted by Crippen LogP contribution is 2.38. The highest BCUT2D eigenvalue weighted by Gasteiger charge is 2.29. The van der Waals surface area contributed by atoms with E-state index >= 15 is 0 Å². The van der Waals surface area contributed by atoms with Gasteiger partial charge in [0.25, 0.3) is 0 Å². The normalized spacial score (nSPS) is 19.4. The van der Waals surface area contributed by atoms with Crippen molar-refractivity contribution in [2.75, 3.05) is 11.9 Å². The van der Waals surface area contributed by atoms with Crippen LogP contribution < -0.4 is 4.90 Å². The van der Waals surface area contributed by atoms with Gasteiger partial charge in [-0.3, -0.25) is 0 Å². The Morgan fingerprint density at radius 1 is 1.26 bits per heavy atom. The maximum absolute atomic E-state index is 5.90. The summed E-state index contributed by atoms with van der Waals surface area (Å²) in [6.45, 7) is 6.97. The molecule has 1 aliphatic rings. The number of aryl methyl sites for hydroxylation is 1. The Labute approximate surface area is 123 Å². The van der Waals surface area contributed by atoms with E-state index in [1.54, 1.807) is 0 Å². The molecule has 2 heteroatoms. The van der Waals surface area contributed by atoms with Crippen LogP contribution in [0.2, 0.25) is 0 Å². The molecule has 1 fully saturated rings. The summed E-state index contributed by atoms with van der Waals surface area (Å²) in [5, 5.41) is 0. The van der Waals surface area contributed by atoms with Gasteiger partial charge in [-0.1, -0.05) is 26.0 Å². The molecule has 0 spiro atoms. The minimum Gasteiger partial charge on any atom is -0.371 e. The number of rotatable bonds is 3. The van der Waals surface area contributed by atoms with Gasteiger partial charge in [-0.05, 0) is 55.2 Å². The van der Waals surface area contributed by atoms with Gasteiger partial charge in [-0.2, -0.15) is 0 Å². The number of alkyl halides is 1. The van der Waals surface area contributed by atoms with Crippen LogP contribution >= 0.6 is 11.6 Å². The van der Waals surface area contributed by atoms with Crippen molar-refractivity contribution in [1.29, 1.82) is 0 Å². The summed E-state index contributed by atoms with van der Waals surface area (Å²) in [6, 6.07) is 7.28. The highest BCUT2D eigenvalue weighted by molar-refractivity contribution is 6.17. The second-order valence-electron chi connectivity index (χ2n) is 6.76. The number of halogens is 1. The van der Waals surface area contributed by atoms with Crippen LogP contribution in [0.4, 0.5) is 5.69 Å². The summed E-state index contributed by atoms with van der Waals surface area (Å²) in [7, 11) is 2.24. The van der Waals surface area contributed by atoms with Gasteiger partial charge < -0.3 is 4.90 Å². The Morgan fingerprint density at radius 3 is 2.42 bits per heavy atom. The average molecular weight is 280 g/mol. The third-order valence-electron chi connectivity index (χ3n) is 4.65. The first kappa shape index (κ1) is 14.7. The first-order chi connectivity index (χ1) is 8.93. The van der Waals surface area contributed by atoms with E-state index in [0.717, 1.165) is 0 Å². The van der Waals surface area contributed by atoms with Crippen LogP contribution in [0.3, 0.4) is 0 Å². The van der Waals surface area contributed by atoms with Gasteiger partial charge >= 0.3 is 0 Å². The highest BCUT2D eigenvalue weighted by atomic mass is 35.5. The Morgan fingerprint density at radius 2 is 1.89 bits per heavy atom. The lowest BCUT2D eigenvalue weighted by atomic mass is 9.75. The van der Waals surface area contributed by atoms with E-state index in [-0.39, 0.29) is 0 Å². The Kier molecular flexibility index (Phi) is 4.45. The summed E-state index contributed by atoms with van der Waals surface area (Å²) in [5.74, 6) is 0.600. The molecule has 1 aliphatic carbocycles. The first-order valence-electron chi connectivity index (χ1n) is 7.31. The van der Waals surface area contributed by atoms with Crippen LogP contribution in [0.1, 0.15) is 50.7 Å². The fraction of sp³-hybridized carbons (Fsp3) is 0.647. The number of hydrogen-bond acceptors (Lipinski definition) is 1. The van der Waals surface area contributed by atoms with Crippen LogP contribution in [-0.4, -0.2) is 13.1 Å². The van der Waals surface area contributed by atoms with Gasteiger partial charge in [0.1, 0.15) is 0 Å². The van der Waals surface area contributed by atoms with E-state index in [1.165, 1.54) is 42.5 Å². The van der Waals surface area contributed by atoms with E-state index < -0.39 is 0 Å². The van der Waals surface area contributed by atoms with Crippen molar-refractivity contribution < 1.29 is 0 Å². The van der Waals surface area contributed by atoms with Crippen LogP contribution in [0.5, 0.6) is 0 Å². The molecule has 0 saturated heterocycles. The third kappa shape index (κ3) is 3.45. The van der Waals surface area contributed by atoms with Crippen molar-refractivity contribution >= 4 is 17.3 Å². The van der Waals surface area contributed by atoms with Crippen LogP contribution in [0, 0.1) is 12.3 Å². The molecule has 1 aromatic rings. The molecule has 0 bridgehead atoms. The zero-order valence-corrected chi connectivity index (χ0v) is 13.4. The van der Waals surface area contributed by atoms with Gasteiger partial charge in [-0.15, -0.1) is 11.6 Å². The molecular formula is C17H26ClN. The molecule has 0 aliphatic heterocycles. The maximum Gasteiger partial charge on any atom is 0.0474 e. The monoisotopic (exact) mass is 279 g/mol. The van der Waals surface area contributed by atoms with E-state index in [2.05, 4.69) is 50.9 Å². The Hall–Kier alpha value is -0.690. The summed E-state index contributed by atoms with van der Waals surface area (Å²) >= 11 is 5.90. The molecule has 1 aromatic carbocycles. The lowest BCUT2D eigenvalue weighted by Crippen LogP contribution is -2.37. The van der Waals surface area contributed by atoms with Crippen molar-refractivity contribution in [3.8, 4) is 0 Å². The van der Waals surface area contributed by atoms with Gasteiger partial charge in [0, 0.05) is 24.7 Å². The molecule has 0 unspecified atom stereocenters. The van der Waals surface area contributed by atoms with Gasteiger partial charge in [0.15, 0.2) is 0 Å². The van der Waals surface area contributed by atoms with Gasteiger partial charge in [-0.25, -0.2) is 0 Å². The summed E-state index contributed by atoms with van der Waals surface area (Å²) < 4.78 is 0. The quantitative estimate of drug-likeness (QED) is 0.693. The maximum atomic E-state index is 5.90. The zero-order valence-electron chi connectivity index (χ0n) is 12.7. The zero-order chi connectivity index (χ0) is 14.0. The second kappa shape index (κ2) is 5.75. The molecule has 0 atom stereocenters. The van der Waals surface area contributed by atoms with Crippen LogP contribution in [0.15, 0.2) is 18.2 Å². The molecule has 0 radical (unpaired) electrons. The number of hydrogen-bond donors (Lipinski definition) is 0. The number of nitrogens with zero attached hydrogens (tertiary/aromatic N) is 1. The lowest BCUT2D eigenvalue weighted by molar-refractivity contribution is 0.222. The van der Waals surface area contributed by atoms with E-state index in [4.69, 9.17) is 11.6 Å².